The van der Waals surface area contributed by atoms with Crippen LogP contribution in [0.15, 0.2) is 42.0 Å². The van der Waals surface area contributed by atoms with Crippen molar-refractivity contribution >= 4 is 18.5 Å². The highest BCUT2D eigenvalue weighted by atomic mass is 28.3. The molecule has 1 aliphatic heterocycles. The lowest BCUT2D eigenvalue weighted by Gasteiger charge is -2.22. The molecule has 0 fully saturated rings. The Morgan fingerprint density at radius 3 is 2.19 bits per heavy atom. The van der Waals surface area contributed by atoms with E-state index in [4.69, 9.17) is 0 Å². The summed E-state index contributed by atoms with van der Waals surface area (Å²) in [4.78, 5) is 0. The first kappa shape index (κ1) is 17.8. The maximum Gasteiger partial charge on any atom is 0.113 e. The molecule has 2 bridgehead atoms. The molecule has 2 aliphatic rings. The summed E-state index contributed by atoms with van der Waals surface area (Å²) in [7, 11) is -1.58. The van der Waals surface area contributed by atoms with E-state index in [1.807, 2.05) is 0 Å². The third kappa shape index (κ3) is 2.55. The Morgan fingerprint density at radius 2 is 1.58 bits per heavy atom. The van der Waals surface area contributed by atoms with E-state index >= 15 is 0 Å². The number of rotatable bonds is 4. The number of allylic oxidation sites excluding steroid dienone is 1. The van der Waals surface area contributed by atoms with Crippen molar-refractivity contribution in [3.63, 3.8) is 0 Å². The van der Waals surface area contributed by atoms with E-state index in [0.29, 0.717) is 0 Å². The van der Waals surface area contributed by atoms with Gasteiger partial charge in [0.25, 0.3) is 0 Å². The molecule has 135 valence electrons. The Morgan fingerprint density at radius 1 is 0.885 bits per heavy atom. The Kier molecular flexibility index (Phi) is 4.07. The standard InChI is InChI=1S/C25H31Si/c1-7-8-9-19-16-18-12-15-21-22(23(18)24(19)26(21,5)6)17-10-13-20(14-11-17)25(2,3)4/h10-16H,7-9H2,1-6H3. The van der Waals surface area contributed by atoms with Gasteiger partial charge >= 0.3 is 0 Å². The maximum absolute atomic E-state index is 2.55. The molecule has 1 radical (unpaired) electrons. The molecule has 0 N–H and O–H groups in total. The molecule has 0 saturated carbocycles. The van der Waals surface area contributed by atoms with Crippen LogP contribution in [0.2, 0.25) is 13.1 Å². The van der Waals surface area contributed by atoms with E-state index in [2.05, 4.69) is 83.6 Å². The van der Waals surface area contributed by atoms with E-state index in [1.165, 1.54) is 41.5 Å². The maximum atomic E-state index is 2.55. The molecule has 0 aromatic heterocycles. The van der Waals surface area contributed by atoms with Crippen molar-refractivity contribution in [3.05, 3.63) is 65.1 Å². The second-order valence-corrected chi connectivity index (χ2v) is 13.8. The minimum atomic E-state index is -1.58. The zero-order valence-electron chi connectivity index (χ0n) is 17.2. The van der Waals surface area contributed by atoms with E-state index < -0.39 is 8.07 Å². The molecule has 4 rings (SSSR count). The largest absolute Gasteiger partial charge is 0.113 e. The van der Waals surface area contributed by atoms with Gasteiger partial charge in [-0.05, 0) is 56.5 Å². The van der Waals surface area contributed by atoms with Gasteiger partial charge in [0.1, 0.15) is 8.07 Å². The molecule has 2 aromatic rings. The highest BCUT2D eigenvalue weighted by molar-refractivity contribution is 7.07. The molecule has 0 atom stereocenters. The SMILES string of the molecule is CCCCC1=C2c3c(ccc(c3-c3ccc(C(C)(C)C)cc3)[Si]2(C)C)[CH]1. The molecule has 0 spiro atoms. The van der Waals surface area contributed by atoms with Gasteiger partial charge in [0.15, 0.2) is 0 Å². The van der Waals surface area contributed by atoms with Crippen LogP contribution < -0.4 is 5.19 Å². The van der Waals surface area contributed by atoms with E-state index in [0.717, 1.165) is 0 Å². The molecular formula is C25H31Si. The predicted octanol–water partition coefficient (Wildman–Crippen LogP) is 6.63. The summed E-state index contributed by atoms with van der Waals surface area (Å²) in [6.07, 6.45) is 6.31. The molecule has 1 heteroatoms. The Balaban J connectivity index is 1.86. The zero-order valence-corrected chi connectivity index (χ0v) is 18.2. The molecule has 0 saturated heterocycles. The van der Waals surface area contributed by atoms with Gasteiger partial charge < -0.3 is 0 Å². The van der Waals surface area contributed by atoms with Gasteiger partial charge in [-0.25, -0.2) is 0 Å². The highest BCUT2D eigenvalue weighted by Gasteiger charge is 2.45. The molecular weight excluding hydrogens is 328 g/mol. The highest BCUT2D eigenvalue weighted by Crippen LogP contribution is 2.51. The van der Waals surface area contributed by atoms with Gasteiger partial charge in [-0.1, -0.05) is 89.2 Å². The number of fused-ring (bicyclic) bond motifs is 1. The number of unbranched alkanes of at least 4 members (excludes halogenated alkanes) is 1. The van der Waals surface area contributed by atoms with E-state index in [1.54, 1.807) is 21.5 Å². The van der Waals surface area contributed by atoms with Crippen molar-refractivity contribution in [1.82, 2.24) is 0 Å². The summed E-state index contributed by atoms with van der Waals surface area (Å²) in [5, 5.41) is 3.37. The van der Waals surface area contributed by atoms with Crippen LogP contribution >= 0.6 is 0 Å². The van der Waals surface area contributed by atoms with Crippen molar-refractivity contribution in [3.8, 4) is 11.1 Å². The first-order valence-electron chi connectivity index (χ1n) is 10.1. The van der Waals surface area contributed by atoms with Gasteiger partial charge in [-0.2, -0.15) is 0 Å². The smallest absolute Gasteiger partial charge is 0.0654 e. The number of hydrogen-bond donors (Lipinski definition) is 0. The Labute approximate surface area is 160 Å². The van der Waals surface area contributed by atoms with Gasteiger partial charge in [-0.3, -0.25) is 0 Å². The number of benzene rings is 2. The summed E-state index contributed by atoms with van der Waals surface area (Å²) >= 11 is 0. The average molecular weight is 360 g/mol. The molecule has 0 amide bonds. The minimum absolute atomic E-state index is 0.209. The topological polar surface area (TPSA) is 0 Å². The fraction of sp³-hybridized carbons (Fsp3) is 0.400. The van der Waals surface area contributed by atoms with Crippen molar-refractivity contribution in [2.45, 2.75) is 65.5 Å². The summed E-state index contributed by atoms with van der Waals surface area (Å²) in [5.74, 6) is 0. The van der Waals surface area contributed by atoms with Crippen LogP contribution in [0.3, 0.4) is 0 Å². The van der Waals surface area contributed by atoms with Crippen LogP contribution in [0.25, 0.3) is 16.3 Å². The normalized spacial score (nSPS) is 17.3. The monoisotopic (exact) mass is 359 g/mol. The first-order chi connectivity index (χ1) is 12.2. The minimum Gasteiger partial charge on any atom is -0.0654 e. The van der Waals surface area contributed by atoms with Crippen molar-refractivity contribution < 1.29 is 0 Å². The summed E-state index contributed by atoms with van der Waals surface area (Å²) in [6, 6.07) is 14.2. The van der Waals surface area contributed by atoms with Crippen molar-refractivity contribution in [1.29, 1.82) is 0 Å². The van der Waals surface area contributed by atoms with Crippen LogP contribution in [0.1, 0.15) is 63.6 Å². The van der Waals surface area contributed by atoms with Crippen molar-refractivity contribution in [2.24, 2.45) is 0 Å². The third-order valence-electron chi connectivity index (χ3n) is 6.28. The van der Waals surface area contributed by atoms with Crippen LogP contribution in [-0.4, -0.2) is 8.07 Å². The lowest BCUT2D eigenvalue weighted by Crippen LogP contribution is -2.39. The van der Waals surface area contributed by atoms with Crippen LogP contribution in [0.5, 0.6) is 0 Å². The van der Waals surface area contributed by atoms with E-state index in [-0.39, 0.29) is 5.41 Å². The third-order valence-corrected chi connectivity index (χ3v) is 9.86. The summed E-state index contributed by atoms with van der Waals surface area (Å²) in [5.41, 5.74) is 9.24. The van der Waals surface area contributed by atoms with Crippen LogP contribution in [0, 0.1) is 6.42 Å². The lowest BCUT2D eigenvalue weighted by atomic mass is 9.86. The quantitative estimate of drug-likeness (QED) is 0.537. The first-order valence-corrected chi connectivity index (χ1v) is 13.1. The van der Waals surface area contributed by atoms with Crippen LogP contribution in [0.4, 0.5) is 0 Å². The average Bonchev–Trinajstić information content (AvgIpc) is 3.04. The molecule has 0 nitrogen and oxygen atoms in total. The zero-order chi connectivity index (χ0) is 18.7. The summed E-state index contributed by atoms with van der Waals surface area (Å²) in [6.45, 7) is 14.3. The van der Waals surface area contributed by atoms with Gasteiger partial charge in [0.2, 0.25) is 0 Å². The molecule has 1 aliphatic carbocycles. The predicted molar refractivity (Wildman–Crippen MR) is 118 cm³/mol. The van der Waals surface area contributed by atoms with Crippen molar-refractivity contribution in [2.75, 3.05) is 0 Å². The van der Waals surface area contributed by atoms with Gasteiger partial charge in [0.05, 0.1) is 0 Å². The molecule has 1 heterocycles. The lowest BCUT2D eigenvalue weighted by molar-refractivity contribution is 0.590. The fourth-order valence-corrected chi connectivity index (χ4v) is 8.36. The van der Waals surface area contributed by atoms with E-state index in [9.17, 15) is 0 Å². The Bertz CT molecular complexity index is 889. The summed E-state index contributed by atoms with van der Waals surface area (Å²) < 4.78 is 0. The molecule has 26 heavy (non-hydrogen) atoms. The number of hydrogen-bond acceptors (Lipinski definition) is 0. The second-order valence-electron chi connectivity index (χ2n) is 9.55. The second kappa shape index (κ2) is 5.95. The van der Waals surface area contributed by atoms with Gasteiger partial charge in [-0.15, -0.1) is 0 Å². The Hall–Kier alpha value is -1.60. The van der Waals surface area contributed by atoms with Gasteiger partial charge in [0, 0.05) is 6.42 Å². The fourth-order valence-electron chi connectivity index (χ4n) is 4.80. The van der Waals surface area contributed by atoms with Crippen LogP contribution in [-0.2, 0) is 5.41 Å². The molecule has 0 unspecified atom stereocenters. The molecule has 2 aromatic carbocycles.